The van der Waals surface area contributed by atoms with Crippen LogP contribution in [0.5, 0.6) is 0 Å². The summed E-state index contributed by atoms with van der Waals surface area (Å²) in [4.78, 5) is 0. The van der Waals surface area contributed by atoms with Crippen LogP contribution in [0, 0.1) is 0 Å². The van der Waals surface area contributed by atoms with Gasteiger partial charge >= 0.3 is 0 Å². The molecule has 0 amide bonds. The lowest BCUT2D eigenvalue weighted by atomic mass is 10.3. The van der Waals surface area contributed by atoms with E-state index in [1.807, 2.05) is 0 Å². The summed E-state index contributed by atoms with van der Waals surface area (Å²) in [6, 6.07) is 0. The Morgan fingerprint density at radius 2 is 2.56 bits per heavy atom. The summed E-state index contributed by atoms with van der Waals surface area (Å²) in [7, 11) is 0. The van der Waals surface area contributed by atoms with Crippen molar-refractivity contribution in [3.8, 4) is 0 Å². The molecule has 0 aromatic carbocycles. The molecule has 0 spiro atoms. The van der Waals surface area contributed by atoms with Crippen LogP contribution in [0.4, 0.5) is 5.69 Å². The van der Waals surface area contributed by atoms with Crippen LogP contribution in [0.2, 0.25) is 0 Å². The van der Waals surface area contributed by atoms with Gasteiger partial charge < -0.3 is 5.32 Å². The molecule has 0 fully saturated rings. The van der Waals surface area contributed by atoms with E-state index < -0.39 is 0 Å². The molecular formula is C5H8N4. The van der Waals surface area contributed by atoms with Gasteiger partial charge in [-0.1, -0.05) is 0 Å². The Morgan fingerprint density at radius 1 is 1.56 bits per heavy atom. The van der Waals surface area contributed by atoms with E-state index in [0.717, 1.165) is 24.6 Å². The minimum Gasteiger partial charge on any atom is -0.370 e. The average Bonchev–Trinajstić information content (AvgIpc) is 2.33. The van der Waals surface area contributed by atoms with Crippen molar-refractivity contribution in [1.29, 1.82) is 0 Å². The van der Waals surface area contributed by atoms with Crippen LogP contribution in [0.3, 0.4) is 0 Å². The summed E-state index contributed by atoms with van der Waals surface area (Å²) < 4.78 is 0. The third kappa shape index (κ3) is 0.675. The quantitative estimate of drug-likeness (QED) is 0.452. The van der Waals surface area contributed by atoms with E-state index in [9.17, 15) is 0 Å². The molecule has 1 aliphatic rings. The summed E-state index contributed by atoms with van der Waals surface area (Å²) in [5.74, 6) is 0. The second-order valence-electron chi connectivity index (χ2n) is 2.04. The fourth-order valence-corrected chi connectivity index (χ4v) is 0.945. The Kier molecular flexibility index (Phi) is 0.927. The van der Waals surface area contributed by atoms with Crippen LogP contribution in [0.1, 0.15) is 5.69 Å². The smallest absolute Gasteiger partial charge is 0.0779 e. The lowest BCUT2D eigenvalue weighted by Gasteiger charge is -2.13. The Bertz CT molecular complexity index is 184. The molecular weight excluding hydrogens is 116 g/mol. The van der Waals surface area contributed by atoms with Gasteiger partial charge in [-0.25, -0.2) is 0 Å². The molecule has 1 aromatic heterocycles. The van der Waals surface area contributed by atoms with Crippen LogP contribution >= 0.6 is 0 Å². The monoisotopic (exact) mass is 124 g/mol. The Morgan fingerprint density at radius 3 is 3.44 bits per heavy atom. The van der Waals surface area contributed by atoms with Gasteiger partial charge in [0.1, 0.15) is 0 Å². The Balaban J connectivity index is 2.39. The van der Waals surface area contributed by atoms with Crippen molar-refractivity contribution in [2.45, 2.75) is 6.54 Å². The summed E-state index contributed by atoms with van der Waals surface area (Å²) in [5, 5.41) is 13.0. The highest BCUT2D eigenvalue weighted by Gasteiger charge is 2.07. The van der Waals surface area contributed by atoms with Crippen molar-refractivity contribution in [3.05, 3.63) is 11.9 Å². The molecule has 9 heavy (non-hydrogen) atoms. The van der Waals surface area contributed by atoms with E-state index in [0.29, 0.717) is 0 Å². The molecule has 0 aliphatic carbocycles. The standard InChI is InChI=1S/C5H8N4/c1-5-4(2-8-9-5)7-3-6-1/h2,6-7H,1,3H2,(H,8,9). The minimum atomic E-state index is 0.840. The molecule has 4 heteroatoms. The molecule has 0 unspecified atom stereocenters. The summed E-state index contributed by atoms with van der Waals surface area (Å²) in [6.45, 7) is 1.73. The average molecular weight is 124 g/mol. The molecule has 0 bridgehead atoms. The molecule has 1 aliphatic heterocycles. The van der Waals surface area contributed by atoms with Crippen molar-refractivity contribution in [1.82, 2.24) is 15.5 Å². The maximum absolute atomic E-state index is 3.88. The van der Waals surface area contributed by atoms with E-state index in [4.69, 9.17) is 0 Å². The summed E-state index contributed by atoms with van der Waals surface area (Å²) in [5.41, 5.74) is 2.26. The molecule has 0 saturated carbocycles. The molecule has 1 aromatic rings. The number of anilines is 1. The fraction of sp³-hybridized carbons (Fsp3) is 0.400. The molecule has 3 N–H and O–H groups in total. The molecule has 4 nitrogen and oxygen atoms in total. The first-order valence-electron chi connectivity index (χ1n) is 2.93. The van der Waals surface area contributed by atoms with Gasteiger partial charge in [0.25, 0.3) is 0 Å². The van der Waals surface area contributed by atoms with Gasteiger partial charge in [0.15, 0.2) is 0 Å². The zero-order chi connectivity index (χ0) is 6.10. The van der Waals surface area contributed by atoms with Crippen LogP contribution in [-0.2, 0) is 6.54 Å². The van der Waals surface area contributed by atoms with Gasteiger partial charge in [-0.3, -0.25) is 10.4 Å². The second kappa shape index (κ2) is 1.73. The predicted molar refractivity (Wildman–Crippen MR) is 33.9 cm³/mol. The molecule has 48 valence electrons. The molecule has 2 rings (SSSR count). The van der Waals surface area contributed by atoms with E-state index in [1.54, 1.807) is 6.20 Å². The molecule has 0 saturated heterocycles. The van der Waals surface area contributed by atoms with E-state index in [2.05, 4.69) is 20.8 Å². The predicted octanol–water partition coefficient (Wildman–Crippen LogP) is -0.118. The van der Waals surface area contributed by atoms with Gasteiger partial charge in [0.05, 0.1) is 24.2 Å². The maximum atomic E-state index is 3.88. The van der Waals surface area contributed by atoms with Crippen LogP contribution in [0.15, 0.2) is 6.20 Å². The summed E-state index contributed by atoms with van der Waals surface area (Å²) in [6.07, 6.45) is 1.80. The maximum Gasteiger partial charge on any atom is 0.0779 e. The van der Waals surface area contributed by atoms with Crippen LogP contribution < -0.4 is 10.6 Å². The van der Waals surface area contributed by atoms with Crippen molar-refractivity contribution in [2.24, 2.45) is 0 Å². The van der Waals surface area contributed by atoms with Crippen LogP contribution in [-0.4, -0.2) is 16.9 Å². The highest BCUT2D eigenvalue weighted by atomic mass is 15.2. The Labute approximate surface area is 52.7 Å². The molecule has 0 radical (unpaired) electrons. The molecule has 2 heterocycles. The summed E-state index contributed by atoms with van der Waals surface area (Å²) >= 11 is 0. The number of rotatable bonds is 0. The largest absolute Gasteiger partial charge is 0.370 e. The number of aromatic nitrogens is 2. The zero-order valence-corrected chi connectivity index (χ0v) is 4.94. The third-order valence-electron chi connectivity index (χ3n) is 1.42. The number of hydrogen-bond donors (Lipinski definition) is 3. The van der Waals surface area contributed by atoms with E-state index in [1.165, 1.54) is 0 Å². The number of fused-ring (bicyclic) bond motifs is 1. The zero-order valence-electron chi connectivity index (χ0n) is 4.94. The SMILES string of the molecule is c1n[nH]c2c1NCNC2. The number of aromatic amines is 1. The van der Waals surface area contributed by atoms with Gasteiger partial charge in [-0.15, -0.1) is 0 Å². The fourth-order valence-electron chi connectivity index (χ4n) is 0.945. The first-order valence-corrected chi connectivity index (χ1v) is 2.93. The third-order valence-corrected chi connectivity index (χ3v) is 1.42. The van der Waals surface area contributed by atoms with Crippen LogP contribution in [0.25, 0.3) is 0 Å². The van der Waals surface area contributed by atoms with Gasteiger partial charge in [-0.2, -0.15) is 5.10 Å². The molecule has 0 atom stereocenters. The van der Waals surface area contributed by atoms with Gasteiger partial charge in [0.2, 0.25) is 0 Å². The van der Waals surface area contributed by atoms with Crippen molar-refractivity contribution < 1.29 is 0 Å². The van der Waals surface area contributed by atoms with Gasteiger partial charge in [0, 0.05) is 6.54 Å². The Hall–Kier alpha value is -1.03. The minimum absolute atomic E-state index is 0.840. The first-order chi connectivity index (χ1) is 4.47. The normalized spacial score (nSPS) is 16.4. The topological polar surface area (TPSA) is 52.7 Å². The highest BCUT2D eigenvalue weighted by Crippen LogP contribution is 2.12. The van der Waals surface area contributed by atoms with Gasteiger partial charge in [-0.05, 0) is 0 Å². The van der Waals surface area contributed by atoms with E-state index >= 15 is 0 Å². The number of nitrogens with one attached hydrogen (secondary N) is 3. The second-order valence-corrected chi connectivity index (χ2v) is 2.04. The number of nitrogens with zero attached hydrogens (tertiary/aromatic N) is 1. The van der Waals surface area contributed by atoms with Crippen molar-refractivity contribution in [3.63, 3.8) is 0 Å². The van der Waals surface area contributed by atoms with Crippen molar-refractivity contribution >= 4 is 5.69 Å². The van der Waals surface area contributed by atoms with Crippen molar-refractivity contribution in [2.75, 3.05) is 12.0 Å². The van der Waals surface area contributed by atoms with E-state index in [-0.39, 0.29) is 0 Å². The number of hydrogen-bond acceptors (Lipinski definition) is 3. The lowest BCUT2D eigenvalue weighted by Crippen LogP contribution is -2.26. The lowest BCUT2D eigenvalue weighted by molar-refractivity contribution is 0.692. The number of H-pyrrole nitrogens is 1. The first kappa shape index (κ1) is 4.81. The highest BCUT2D eigenvalue weighted by molar-refractivity contribution is 5.46.